The zero-order valence-electron chi connectivity index (χ0n) is 13.4. The topological polar surface area (TPSA) is 29.4 Å². The Morgan fingerprint density at radius 2 is 1.74 bits per heavy atom. The van der Waals surface area contributed by atoms with Crippen LogP contribution in [0.15, 0.2) is 71.4 Å². The Bertz CT molecular complexity index is 726. The molecular formula is C21H21NO. The maximum absolute atomic E-state index is 12.3. The van der Waals surface area contributed by atoms with E-state index in [0.29, 0.717) is 12.1 Å². The number of hydrogen-bond acceptors (Lipinski definition) is 2. The van der Waals surface area contributed by atoms with Crippen LogP contribution < -0.4 is 0 Å². The molecule has 116 valence electrons. The maximum atomic E-state index is 12.3. The summed E-state index contributed by atoms with van der Waals surface area (Å²) < 4.78 is 0. The second-order valence-corrected chi connectivity index (χ2v) is 6.09. The number of rotatable bonds is 6. The van der Waals surface area contributed by atoms with Crippen LogP contribution in [0.2, 0.25) is 0 Å². The first kappa shape index (κ1) is 15.4. The van der Waals surface area contributed by atoms with E-state index in [1.54, 1.807) is 0 Å². The van der Waals surface area contributed by atoms with E-state index in [2.05, 4.69) is 48.3 Å². The predicted octanol–water partition coefficient (Wildman–Crippen LogP) is 4.32. The summed E-state index contributed by atoms with van der Waals surface area (Å²) in [6, 6.07) is 18.6. The monoisotopic (exact) mass is 303 g/mol. The van der Waals surface area contributed by atoms with Gasteiger partial charge in [-0.15, -0.1) is 0 Å². The Labute approximate surface area is 137 Å². The van der Waals surface area contributed by atoms with Gasteiger partial charge in [0.1, 0.15) is 5.70 Å². The van der Waals surface area contributed by atoms with Crippen molar-refractivity contribution < 1.29 is 4.79 Å². The van der Waals surface area contributed by atoms with Gasteiger partial charge in [-0.2, -0.15) is 0 Å². The number of carbonyl (C=O) groups is 1. The van der Waals surface area contributed by atoms with Crippen molar-refractivity contribution in [1.29, 1.82) is 0 Å². The first-order valence-electron chi connectivity index (χ1n) is 8.09. The molecule has 1 aliphatic rings. The fourth-order valence-electron chi connectivity index (χ4n) is 2.77. The summed E-state index contributed by atoms with van der Waals surface area (Å²) in [5.74, 6) is 0.366. The summed E-state index contributed by atoms with van der Waals surface area (Å²) in [5.41, 5.74) is 4.36. The number of allylic oxidation sites excluding steroid dienone is 2. The highest BCUT2D eigenvalue weighted by atomic mass is 16.1. The molecule has 1 heterocycles. The number of aryl methyl sites for hydroxylation is 2. The van der Waals surface area contributed by atoms with Gasteiger partial charge in [-0.05, 0) is 37.0 Å². The lowest BCUT2D eigenvalue weighted by atomic mass is 9.99. The molecule has 0 radical (unpaired) electrons. The Kier molecular flexibility index (Phi) is 4.82. The quantitative estimate of drug-likeness (QED) is 0.781. The highest BCUT2D eigenvalue weighted by Crippen LogP contribution is 2.19. The van der Waals surface area contributed by atoms with Crippen molar-refractivity contribution in [3.63, 3.8) is 0 Å². The Morgan fingerprint density at radius 3 is 2.48 bits per heavy atom. The fraction of sp³-hybridized carbons (Fsp3) is 0.238. The van der Waals surface area contributed by atoms with Gasteiger partial charge in [0.15, 0.2) is 5.78 Å². The third-order valence-electron chi connectivity index (χ3n) is 4.14. The number of carbonyl (C=O) groups excluding carboxylic acids is 1. The van der Waals surface area contributed by atoms with E-state index in [4.69, 9.17) is 0 Å². The second-order valence-electron chi connectivity index (χ2n) is 6.09. The van der Waals surface area contributed by atoms with Gasteiger partial charge in [-0.25, -0.2) is 0 Å². The van der Waals surface area contributed by atoms with Crippen LogP contribution in [0.5, 0.6) is 0 Å². The number of hydrogen-bond donors (Lipinski definition) is 0. The standard InChI is InChI=1S/C21H21NO/c1-16-7-9-18(10-8-16)13-19-14-20(22-15-19)21(23)12-11-17-5-3-2-4-6-17/h2-10,14-15,19H,11-13H2,1H3. The van der Waals surface area contributed by atoms with E-state index < -0.39 is 0 Å². The number of nitrogens with zero attached hydrogens (tertiary/aromatic N) is 1. The van der Waals surface area contributed by atoms with Crippen LogP contribution in [0.1, 0.15) is 23.1 Å². The first-order chi connectivity index (χ1) is 11.2. The highest BCUT2D eigenvalue weighted by molar-refractivity contribution is 5.98. The molecule has 0 aliphatic carbocycles. The van der Waals surface area contributed by atoms with Crippen molar-refractivity contribution in [1.82, 2.24) is 0 Å². The average molecular weight is 303 g/mol. The lowest BCUT2D eigenvalue weighted by Crippen LogP contribution is -2.03. The van der Waals surface area contributed by atoms with Crippen molar-refractivity contribution in [2.75, 3.05) is 0 Å². The van der Waals surface area contributed by atoms with E-state index in [1.807, 2.05) is 30.5 Å². The minimum atomic E-state index is 0.136. The molecule has 0 saturated heterocycles. The van der Waals surface area contributed by atoms with Crippen LogP contribution in [0, 0.1) is 12.8 Å². The minimum absolute atomic E-state index is 0.136. The maximum Gasteiger partial charge on any atom is 0.181 e. The van der Waals surface area contributed by atoms with Crippen molar-refractivity contribution >= 4 is 12.0 Å². The third kappa shape index (κ3) is 4.26. The van der Waals surface area contributed by atoms with E-state index in [0.717, 1.165) is 12.8 Å². The van der Waals surface area contributed by atoms with Gasteiger partial charge in [0, 0.05) is 18.6 Å². The van der Waals surface area contributed by atoms with Gasteiger partial charge in [0.05, 0.1) is 0 Å². The summed E-state index contributed by atoms with van der Waals surface area (Å²) in [6.07, 6.45) is 6.10. The van der Waals surface area contributed by atoms with Gasteiger partial charge < -0.3 is 0 Å². The molecule has 0 bridgehead atoms. The molecule has 2 heteroatoms. The second kappa shape index (κ2) is 7.19. The molecule has 0 spiro atoms. The molecule has 1 aliphatic heterocycles. The first-order valence-corrected chi connectivity index (χ1v) is 8.09. The summed E-state index contributed by atoms with van der Waals surface area (Å²) in [6.45, 7) is 2.09. The van der Waals surface area contributed by atoms with Gasteiger partial charge in [-0.1, -0.05) is 60.2 Å². The normalized spacial score (nSPS) is 16.4. The summed E-state index contributed by atoms with van der Waals surface area (Å²) in [7, 11) is 0. The zero-order chi connectivity index (χ0) is 16.1. The smallest absolute Gasteiger partial charge is 0.181 e. The predicted molar refractivity (Wildman–Crippen MR) is 94.7 cm³/mol. The van der Waals surface area contributed by atoms with Crippen molar-refractivity contribution in [2.24, 2.45) is 10.9 Å². The van der Waals surface area contributed by atoms with Crippen LogP contribution in [0.25, 0.3) is 0 Å². The number of aliphatic imine (C=N–C) groups is 1. The van der Waals surface area contributed by atoms with E-state index in [1.165, 1.54) is 16.7 Å². The molecule has 1 atom stereocenters. The molecule has 23 heavy (non-hydrogen) atoms. The van der Waals surface area contributed by atoms with E-state index >= 15 is 0 Å². The van der Waals surface area contributed by atoms with Gasteiger partial charge in [-0.3, -0.25) is 9.79 Å². The molecular weight excluding hydrogens is 282 g/mol. The number of benzene rings is 2. The molecule has 3 rings (SSSR count). The molecule has 0 aromatic heterocycles. The highest BCUT2D eigenvalue weighted by Gasteiger charge is 2.17. The van der Waals surface area contributed by atoms with Crippen molar-refractivity contribution in [2.45, 2.75) is 26.2 Å². The number of Topliss-reactive ketones (excluding diaryl/α,β-unsaturated/α-hetero) is 1. The van der Waals surface area contributed by atoms with Crippen LogP contribution >= 0.6 is 0 Å². The summed E-state index contributed by atoms with van der Waals surface area (Å²) >= 11 is 0. The molecule has 0 saturated carbocycles. The lowest BCUT2D eigenvalue weighted by molar-refractivity contribution is -0.115. The van der Waals surface area contributed by atoms with E-state index in [-0.39, 0.29) is 11.7 Å². The largest absolute Gasteiger partial charge is 0.292 e. The molecule has 0 N–H and O–H groups in total. The molecule has 2 aromatic carbocycles. The summed E-state index contributed by atoms with van der Waals surface area (Å²) in [4.78, 5) is 16.6. The Balaban J connectivity index is 1.55. The Hall–Kier alpha value is -2.48. The zero-order valence-corrected chi connectivity index (χ0v) is 13.4. The van der Waals surface area contributed by atoms with Crippen LogP contribution in [-0.4, -0.2) is 12.0 Å². The molecule has 2 aromatic rings. The average Bonchev–Trinajstić information content (AvgIpc) is 3.04. The van der Waals surface area contributed by atoms with Gasteiger partial charge in [0.25, 0.3) is 0 Å². The lowest BCUT2D eigenvalue weighted by Gasteiger charge is -2.04. The van der Waals surface area contributed by atoms with Crippen molar-refractivity contribution in [3.8, 4) is 0 Å². The minimum Gasteiger partial charge on any atom is -0.292 e. The summed E-state index contributed by atoms with van der Waals surface area (Å²) in [5, 5.41) is 0. The number of ketones is 1. The SMILES string of the molecule is Cc1ccc(CC2C=NC(C(=O)CCc3ccccc3)=C2)cc1. The Morgan fingerprint density at radius 1 is 1.00 bits per heavy atom. The van der Waals surface area contributed by atoms with Gasteiger partial charge >= 0.3 is 0 Å². The molecule has 1 unspecified atom stereocenters. The molecule has 0 amide bonds. The van der Waals surface area contributed by atoms with Crippen LogP contribution in [0.4, 0.5) is 0 Å². The van der Waals surface area contributed by atoms with Gasteiger partial charge in [0.2, 0.25) is 0 Å². The van der Waals surface area contributed by atoms with Crippen LogP contribution in [-0.2, 0) is 17.6 Å². The van der Waals surface area contributed by atoms with Crippen LogP contribution in [0.3, 0.4) is 0 Å². The van der Waals surface area contributed by atoms with Crippen molar-refractivity contribution in [3.05, 3.63) is 83.1 Å². The molecule has 0 fully saturated rings. The fourth-order valence-corrected chi connectivity index (χ4v) is 2.77. The third-order valence-corrected chi connectivity index (χ3v) is 4.14. The molecule has 2 nitrogen and oxygen atoms in total. The van der Waals surface area contributed by atoms with E-state index in [9.17, 15) is 4.79 Å².